The number of rotatable bonds is 8. The van der Waals surface area contributed by atoms with E-state index in [4.69, 9.17) is 4.74 Å². The minimum atomic E-state index is -0.626. The maximum Gasteiger partial charge on any atom is 0.358 e. The summed E-state index contributed by atoms with van der Waals surface area (Å²) >= 11 is 1.29. The highest BCUT2D eigenvalue weighted by atomic mass is 32.1. The lowest BCUT2D eigenvalue weighted by molar-refractivity contribution is -0.119. The Hall–Kier alpha value is -2.87. The van der Waals surface area contributed by atoms with Crippen LogP contribution in [0.5, 0.6) is 0 Å². The summed E-state index contributed by atoms with van der Waals surface area (Å²) < 4.78 is 5.04. The zero-order chi connectivity index (χ0) is 19.8. The van der Waals surface area contributed by atoms with E-state index in [2.05, 4.69) is 27.1 Å². The van der Waals surface area contributed by atoms with Crippen LogP contribution >= 0.6 is 11.3 Å². The van der Waals surface area contributed by atoms with E-state index in [1.54, 1.807) is 11.5 Å². The molecule has 0 radical (unpaired) electrons. The van der Waals surface area contributed by atoms with Crippen LogP contribution in [0.4, 0.5) is 16.5 Å². The number of aromatic nitrogens is 1. The van der Waals surface area contributed by atoms with Crippen molar-refractivity contribution in [2.24, 2.45) is 0 Å². The number of carbonyl (C=O) groups is 2. The lowest BCUT2D eigenvalue weighted by atomic mass is 10.1. The van der Waals surface area contributed by atoms with Crippen molar-refractivity contribution in [1.82, 2.24) is 4.98 Å². The van der Waals surface area contributed by atoms with Crippen molar-refractivity contribution in [3.63, 3.8) is 0 Å². The van der Waals surface area contributed by atoms with Gasteiger partial charge in [0.25, 0.3) is 5.91 Å². The van der Waals surface area contributed by atoms with Crippen molar-refractivity contribution in [2.75, 3.05) is 41.8 Å². The van der Waals surface area contributed by atoms with Crippen molar-refractivity contribution in [3.05, 3.63) is 48.0 Å². The number of ether oxygens (including phenoxy) is 1. The first kappa shape index (κ1) is 19.9. The average molecular weight is 401 g/mol. The van der Waals surface area contributed by atoms with E-state index in [1.807, 2.05) is 24.3 Å². The Balaban J connectivity index is 1.45. The monoisotopic (exact) mass is 400 g/mol. The summed E-state index contributed by atoms with van der Waals surface area (Å²) in [7, 11) is 0. The molecule has 0 atom stereocenters. The number of esters is 1. The zero-order valence-corrected chi connectivity index (χ0v) is 16.5. The predicted molar refractivity (Wildman–Crippen MR) is 112 cm³/mol. The molecular weight excluding hydrogens is 376 g/mol. The number of amides is 1. The van der Waals surface area contributed by atoms with Gasteiger partial charge in [0.15, 0.2) is 17.4 Å². The van der Waals surface area contributed by atoms with Crippen molar-refractivity contribution >= 4 is 39.7 Å². The third-order valence-corrected chi connectivity index (χ3v) is 5.12. The van der Waals surface area contributed by atoms with Gasteiger partial charge in [-0.2, -0.15) is 0 Å². The molecule has 0 saturated carbocycles. The molecule has 8 heteroatoms. The fraction of sp³-hybridized carbons (Fsp3) is 0.350. The number of benzene rings is 1. The van der Waals surface area contributed by atoms with E-state index >= 15 is 0 Å². The first-order chi connectivity index (χ1) is 13.7. The van der Waals surface area contributed by atoms with Crippen LogP contribution in [0.2, 0.25) is 0 Å². The number of hydrogen-bond donors (Lipinski definition) is 2. The number of carbonyl (C=O) groups excluding carboxylic acids is 2. The molecule has 148 valence electrons. The number of hydrogen-bond acceptors (Lipinski definition) is 7. The molecule has 0 spiro atoms. The summed E-state index contributed by atoms with van der Waals surface area (Å²) in [4.78, 5) is 30.5. The fourth-order valence-electron chi connectivity index (χ4n) is 2.92. The SMILES string of the molecule is C=CCNc1nc(C(=O)OCC(=O)Nc2ccc(N3CCCCC3)cc2)cs1. The largest absolute Gasteiger partial charge is 0.451 e. The van der Waals surface area contributed by atoms with Crippen molar-refractivity contribution < 1.29 is 14.3 Å². The zero-order valence-electron chi connectivity index (χ0n) is 15.6. The molecule has 1 aromatic carbocycles. The van der Waals surface area contributed by atoms with Crippen LogP contribution in [0.3, 0.4) is 0 Å². The maximum atomic E-state index is 12.0. The van der Waals surface area contributed by atoms with Crippen LogP contribution < -0.4 is 15.5 Å². The van der Waals surface area contributed by atoms with Crippen LogP contribution in [-0.2, 0) is 9.53 Å². The first-order valence-electron chi connectivity index (χ1n) is 9.28. The number of thiazole rings is 1. The second-order valence-corrected chi connectivity index (χ2v) is 7.28. The highest BCUT2D eigenvalue weighted by Gasteiger charge is 2.15. The Kier molecular flexibility index (Phi) is 7.02. The van der Waals surface area contributed by atoms with E-state index in [-0.39, 0.29) is 18.2 Å². The smallest absolute Gasteiger partial charge is 0.358 e. The van der Waals surface area contributed by atoms with Crippen molar-refractivity contribution in [3.8, 4) is 0 Å². The highest BCUT2D eigenvalue weighted by molar-refractivity contribution is 7.13. The van der Waals surface area contributed by atoms with E-state index in [0.717, 1.165) is 18.8 Å². The Morgan fingerprint density at radius 3 is 2.68 bits per heavy atom. The van der Waals surface area contributed by atoms with Gasteiger partial charge in [0.1, 0.15) is 0 Å². The van der Waals surface area contributed by atoms with Crippen LogP contribution in [0.15, 0.2) is 42.3 Å². The Labute approximate surface area is 168 Å². The van der Waals surface area contributed by atoms with E-state index in [1.165, 1.54) is 30.6 Å². The topological polar surface area (TPSA) is 83.6 Å². The van der Waals surface area contributed by atoms with Gasteiger partial charge in [-0.25, -0.2) is 9.78 Å². The third kappa shape index (κ3) is 5.56. The van der Waals surface area contributed by atoms with Gasteiger partial charge >= 0.3 is 5.97 Å². The minimum Gasteiger partial charge on any atom is -0.451 e. The second kappa shape index (κ2) is 9.89. The van der Waals surface area contributed by atoms with E-state index in [9.17, 15) is 9.59 Å². The molecule has 3 rings (SSSR count). The molecule has 2 heterocycles. The van der Waals surface area contributed by atoms with Crippen molar-refractivity contribution in [2.45, 2.75) is 19.3 Å². The molecule has 28 heavy (non-hydrogen) atoms. The highest BCUT2D eigenvalue weighted by Crippen LogP contribution is 2.22. The lowest BCUT2D eigenvalue weighted by Gasteiger charge is -2.28. The van der Waals surface area contributed by atoms with Gasteiger partial charge in [0.05, 0.1) is 0 Å². The molecule has 2 aromatic rings. The molecule has 1 amide bonds. The average Bonchev–Trinajstić information content (AvgIpc) is 3.21. The van der Waals surface area contributed by atoms with Crippen LogP contribution in [0.25, 0.3) is 0 Å². The summed E-state index contributed by atoms with van der Waals surface area (Å²) in [5, 5.41) is 7.92. The van der Waals surface area contributed by atoms with Crippen LogP contribution in [0.1, 0.15) is 29.8 Å². The molecule has 1 aromatic heterocycles. The molecular formula is C20H24N4O3S. The van der Waals surface area contributed by atoms with Gasteiger partial charge in [-0.3, -0.25) is 4.79 Å². The predicted octanol–water partition coefficient (Wildman–Crippen LogP) is 3.53. The molecule has 0 bridgehead atoms. The molecule has 2 N–H and O–H groups in total. The van der Waals surface area contributed by atoms with E-state index in [0.29, 0.717) is 17.4 Å². The van der Waals surface area contributed by atoms with Gasteiger partial charge in [-0.1, -0.05) is 6.08 Å². The molecule has 1 aliphatic heterocycles. The van der Waals surface area contributed by atoms with Gasteiger partial charge in [-0.15, -0.1) is 17.9 Å². The molecule has 0 aliphatic carbocycles. The first-order valence-corrected chi connectivity index (χ1v) is 10.2. The third-order valence-electron chi connectivity index (χ3n) is 4.32. The Bertz CT molecular complexity index is 813. The lowest BCUT2D eigenvalue weighted by Crippen LogP contribution is -2.29. The van der Waals surface area contributed by atoms with Crippen molar-refractivity contribution in [1.29, 1.82) is 0 Å². The summed E-state index contributed by atoms with van der Waals surface area (Å²) in [6.07, 6.45) is 5.42. The fourth-order valence-corrected chi connectivity index (χ4v) is 3.61. The quantitative estimate of drug-likeness (QED) is 0.521. The molecule has 7 nitrogen and oxygen atoms in total. The Morgan fingerprint density at radius 1 is 1.21 bits per heavy atom. The van der Waals surface area contributed by atoms with Gasteiger partial charge < -0.3 is 20.3 Å². The van der Waals surface area contributed by atoms with Gasteiger partial charge in [0, 0.05) is 36.4 Å². The van der Waals surface area contributed by atoms with Gasteiger partial charge in [-0.05, 0) is 43.5 Å². The van der Waals surface area contributed by atoms with E-state index < -0.39 is 5.97 Å². The number of nitrogens with zero attached hydrogens (tertiary/aromatic N) is 2. The second-order valence-electron chi connectivity index (χ2n) is 6.43. The van der Waals surface area contributed by atoms with Crippen LogP contribution in [-0.4, -0.2) is 43.1 Å². The molecule has 0 unspecified atom stereocenters. The molecule has 1 aliphatic rings. The minimum absolute atomic E-state index is 0.176. The summed E-state index contributed by atoms with van der Waals surface area (Å²) in [6, 6.07) is 7.73. The van der Waals surface area contributed by atoms with Crippen LogP contribution in [0, 0.1) is 0 Å². The summed E-state index contributed by atoms with van der Waals surface area (Å²) in [5.74, 6) is -1.02. The summed E-state index contributed by atoms with van der Waals surface area (Å²) in [6.45, 7) is 5.95. The molecule has 1 saturated heterocycles. The summed E-state index contributed by atoms with van der Waals surface area (Å²) in [5.41, 5.74) is 2.01. The maximum absolute atomic E-state index is 12.0. The number of nitrogens with one attached hydrogen (secondary N) is 2. The number of anilines is 3. The molecule has 1 fully saturated rings. The number of piperidine rings is 1. The normalized spacial score (nSPS) is 13.6. The van der Waals surface area contributed by atoms with Gasteiger partial charge in [0.2, 0.25) is 0 Å². The Morgan fingerprint density at radius 2 is 1.96 bits per heavy atom. The standard InChI is InChI=1S/C20H24N4O3S/c1-2-10-21-20-23-17(14-28-20)19(26)27-13-18(25)22-15-6-8-16(9-7-15)24-11-4-3-5-12-24/h2,6-9,14H,1,3-5,10-13H2,(H,21,23)(H,22,25).